The number of ketones is 1. The molecule has 2 heteroatoms. The third-order valence-electron chi connectivity index (χ3n) is 2.26. The number of benzene rings is 1. The van der Waals surface area contributed by atoms with Crippen molar-refractivity contribution >= 4 is 17.5 Å². The Balaban J connectivity index is 2.19. The van der Waals surface area contributed by atoms with Crippen molar-refractivity contribution < 1.29 is 4.79 Å². The molecule has 0 amide bonds. The maximum absolute atomic E-state index is 10.9. The van der Waals surface area contributed by atoms with E-state index in [0.717, 1.165) is 18.6 Å². The van der Waals surface area contributed by atoms with Crippen molar-refractivity contribution in [2.45, 2.75) is 31.6 Å². The Hall–Kier alpha value is -0.760. The molecule has 0 aliphatic carbocycles. The first kappa shape index (κ1) is 12.3. The van der Waals surface area contributed by atoms with Crippen LogP contribution >= 0.6 is 11.8 Å². The van der Waals surface area contributed by atoms with Crippen LogP contribution in [-0.4, -0.2) is 11.5 Å². The van der Waals surface area contributed by atoms with E-state index in [2.05, 4.69) is 31.2 Å². The van der Waals surface area contributed by atoms with Crippen molar-refractivity contribution in [3.8, 4) is 0 Å². The second kappa shape index (κ2) is 6.67. The van der Waals surface area contributed by atoms with Crippen LogP contribution in [-0.2, 0) is 4.79 Å². The van der Waals surface area contributed by atoms with Gasteiger partial charge in [-0.05, 0) is 37.1 Å². The summed E-state index contributed by atoms with van der Waals surface area (Å²) < 4.78 is 0. The molecule has 0 saturated carbocycles. The lowest BCUT2D eigenvalue weighted by Crippen LogP contribution is -2.02. The van der Waals surface area contributed by atoms with E-state index in [4.69, 9.17) is 0 Å². The van der Waals surface area contributed by atoms with E-state index >= 15 is 0 Å². The summed E-state index contributed by atoms with van der Waals surface area (Å²) in [5.74, 6) is 1.91. The van der Waals surface area contributed by atoms with Crippen molar-refractivity contribution in [3.63, 3.8) is 0 Å². The summed E-state index contributed by atoms with van der Waals surface area (Å²) in [5, 5.41) is 0. The maximum atomic E-state index is 10.9. The molecule has 0 saturated heterocycles. The number of thioether (sulfide) groups is 1. The smallest absolute Gasteiger partial charge is 0.130 e. The molecular weight excluding hydrogens is 204 g/mol. The third-order valence-corrected chi connectivity index (χ3v) is 3.30. The lowest BCUT2D eigenvalue weighted by atomic mass is 10.0. The van der Waals surface area contributed by atoms with E-state index in [1.54, 1.807) is 6.92 Å². The van der Waals surface area contributed by atoms with E-state index < -0.39 is 0 Å². The maximum Gasteiger partial charge on any atom is 0.130 e. The molecule has 0 radical (unpaired) electrons. The van der Waals surface area contributed by atoms with Gasteiger partial charge in [0.2, 0.25) is 0 Å². The molecule has 82 valence electrons. The van der Waals surface area contributed by atoms with Gasteiger partial charge in [-0.1, -0.05) is 25.1 Å². The molecule has 1 atom stereocenters. The quantitative estimate of drug-likeness (QED) is 0.681. The van der Waals surface area contributed by atoms with Gasteiger partial charge in [-0.2, -0.15) is 0 Å². The van der Waals surface area contributed by atoms with Gasteiger partial charge in [0.05, 0.1) is 0 Å². The van der Waals surface area contributed by atoms with Crippen LogP contribution in [0.2, 0.25) is 0 Å². The van der Waals surface area contributed by atoms with Crippen LogP contribution in [0.4, 0.5) is 0 Å². The number of rotatable bonds is 6. The standard InChI is InChI=1S/C13H18OS/c1-11(10-12(2)14)8-9-15-13-6-4-3-5-7-13/h3-7,11H,8-10H2,1-2H3. The highest BCUT2D eigenvalue weighted by Crippen LogP contribution is 2.20. The van der Waals surface area contributed by atoms with Gasteiger partial charge in [0.15, 0.2) is 0 Å². The fraction of sp³-hybridized carbons (Fsp3) is 0.462. The highest BCUT2D eigenvalue weighted by atomic mass is 32.2. The molecule has 0 fully saturated rings. The summed E-state index contributed by atoms with van der Waals surface area (Å²) in [5.41, 5.74) is 0. The Morgan fingerprint density at radius 3 is 2.60 bits per heavy atom. The van der Waals surface area contributed by atoms with Crippen LogP contribution in [0.25, 0.3) is 0 Å². The Labute approximate surface area is 96.3 Å². The van der Waals surface area contributed by atoms with E-state index in [-0.39, 0.29) is 0 Å². The average Bonchev–Trinajstić information content (AvgIpc) is 2.18. The van der Waals surface area contributed by atoms with Crippen LogP contribution in [0.15, 0.2) is 35.2 Å². The van der Waals surface area contributed by atoms with Gasteiger partial charge in [0, 0.05) is 11.3 Å². The second-order valence-electron chi connectivity index (χ2n) is 3.96. The van der Waals surface area contributed by atoms with Gasteiger partial charge in [-0.25, -0.2) is 0 Å². The number of hydrogen-bond donors (Lipinski definition) is 0. The third kappa shape index (κ3) is 5.63. The number of Topliss-reactive ketones (excluding diaryl/α,β-unsaturated/α-hetero) is 1. The van der Waals surface area contributed by atoms with Crippen LogP contribution in [0.3, 0.4) is 0 Å². The van der Waals surface area contributed by atoms with E-state index in [9.17, 15) is 4.79 Å². The first-order valence-electron chi connectivity index (χ1n) is 5.36. The van der Waals surface area contributed by atoms with Crippen molar-refractivity contribution in [1.29, 1.82) is 0 Å². The van der Waals surface area contributed by atoms with Crippen LogP contribution in [0.1, 0.15) is 26.7 Å². The van der Waals surface area contributed by atoms with Crippen LogP contribution in [0.5, 0.6) is 0 Å². The predicted molar refractivity (Wildman–Crippen MR) is 66.2 cm³/mol. The van der Waals surface area contributed by atoms with Gasteiger partial charge in [0.1, 0.15) is 5.78 Å². The summed E-state index contributed by atoms with van der Waals surface area (Å²) in [6.07, 6.45) is 1.83. The second-order valence-corrected chi connectivity index (χ2v) is 5.13. The Bertz CT molecular complexity index is 295. The molecule has 0 spiro atoms. The summed E-state index contributed by atoms with van der Waals surface area (Å²) in [7, 11) is 0. The number of hydrogen-bond acceptors (Lipinski definition) is 2. The molecule has 0 aromatic heterocycles. The monoisotopic (exact) mass is 222 g/mol. The zero-order valence-corrected chi connectivity index (χ0v) is 10.2. The minimum atomic E-state index is 0.298. The zero-order valence-electron chi connectivity index (χ0n) is 9.40. The molecule has 1 aromatic rings. The van der Waals surface area contributed by atoms with E-state index in [1.165, 1.54) is 4.90 Å². The van der Waals surface area contributed by atoms with Crippen molar-refractivity contribution in [1.82, 2.24) is 0 Å². The topological polar surface area (TPSA) is 17.1 Å². The molecule has 1 aromatic carbocycles. The molecule has 1 rings (SSSR count). The Kier molecular flexibility index (Phi) is 5.48. The van der Waals surface area contributed by atoms with Crippen molar-refractivity contribution in [3.05, 3.63) is 30.3 Å². The molecule has 1 unspecified atom stereocenters. The first-order valence-corrected chi connectivity index (χ1v) is 6.34. The van der Waals surface area contributed by atoms with Crippen LogP contribution < -0.4 is 0 Å². The molecule has 0 bridgehead atoms. The van der Waals surface area contributed by atoms with Gasteiger partial charge < -0.3 is 4.79 Å². The zero-order chi connectivity index (χ0) is 11.1. The molecule has 0 heterocycles. The largest absolute Gasteiger partial charge is 0.300 e. The predicted octanol–water partition coefficient (Wildman–Crippen LogP) is 3.78. The first-order chi connectivity index (χ1) is 7.18. The van der Waals surface area contributed by atoms with Crippen molar-refractivity contribution in [2.75, 3.05) is 5.75 Å². The summed E-state index contributed by atoms with van der Waals surface area (Å²) in [6, 6.07) is 10.4. The fourth-order valence-corrected chi connectivity index (χ4v) is 2.59. The normalized spacial score (nSPS) is 12.4. The van der Waals surface area contributed by atoms with Crippen LogP contribution in [0, 0.1) is 5.92 Å². The number of carbonyl (C=O) groups excluding carboxylic acids is 1. The average molecular weight is 222 g/mol. The molecule has 0 N–H and O–H groups in total. The van der Waals surface area contributed by atoms with E-state index in [1.807, 2.05) is 17.8 Å². The van der Waals surface area contributed by atoms with Gasteiger partial charge in [-0.15, -0.1) is 11.8 Å². The summed E-state index contributed by atoms with van der Waals surface area (Å²) >= 11 is 1.86. The molecule has 1 nitrogen and oxygen atoms in total. The van der Waals surface area contributed by atoms with Gasteiger partial charge >= 0.3 is 0 Å². The SMILES string of the molecule is CC(=O)CC(C)CCSc1ccccc1. The fourth-order valence-electron chi connectivity index (χ4n) is 1.49. The summed E-state index contributed by atoms with van der Waals surface area (Å²) in [6.45, 7) is 3.81. The minimum absolute atomic E-state index is 0.298. The minimum Gasteiger partial charge on any atom is -0.300 e. The molecule has 0 aliphatic heterocycles. The highest BCUT2D eigenvalue weighted by Gasteiger charge is 2.05. The Morgan fingerprint density at radius 2 is 2.00 bits per heavy atom. The van der Waals surface area contributed by atoms with Gasteiger partial charge in [-0.3, -0.25) is 0 Å². The molecule has 15 heavy (non-hydrogen) atoms. The number of carbonyl (C=O) groups is 1. The molecular formula is C13H18OS. The lowest BCUT2D eigenvalue weighted by Gasteiger charge is -2.08. The Morgan fingerprint density at radius 1 is 1.33 bits per heavy atom. The molecule has 0 aliphatic rings. The highest BCUT2D eigenvalue weighted by molar-refractivity contribution is 7.99. The lowest BCUT2D eigenvalue weighted by molar-refractivity contribution is -0.117. The summed E-state index contributed by atoms with van der Waals surface area (Å²) in [4.78, 5) is 12.2. The van der Waals surface area contributed by atoms with Crippen molar-refractivity contribution in [2.24, 2.45) is 5.92 Å². The van der Waals surface area contributed by atoms with Gasteiger partial charge in [0.25, 0.3) is 0 Å². The van der Waals surface area contributed by atoms with E-state index in [0.29, 0.717) is 11.7 Å².